The summed E-state index contributed by atoms with van der Waals surface area (Å²) in [5.74, 6) is 3.29. The summed E-state index contributed by atoms with van der Waals surface area (Å²) in [6.07, 6.45) is 10.3. The third kappa shape index (κ3) is 1.61. The number of ketones is 1. The molecule has 4 aliphatic carbocycles. The standard InChI is InChI=1S/C18H22O3/c19-14-6-2-5-13-15(14)12-8-7-10-3-1-4-11(10)16(12)18-17(13)20-9-21-18/h4,10,12-13,15,17H,1-3,5-9H2. The van der Waals surface area contributed by atoms with E-state index >= 15 is 0 Å². The normalized spacial score (nSPS) is 44.5. The highest BCUT2D eigenvalue weighted by Gasteiger charge is 2.54. The minimum Gasteiger partial charge on any atom is -0.469 e. The van der Waals surface area contributed by atoms with Crippen LogP contribution in [0.3, 0.4) is 0 Å². The second-order valence-electron chi connectivity index (χ2n) is 7.29. The van der Waals surface area contributed by atoms with Crippen molar-refractivity contribution in [3.63, 3.8) is 0 Å². The van der Waals surface area contributed by atoms with Crippen LogP contribution in [0.5, 0.6) is 0 Å². The molecular weight excluding hydrogens is 264 g/mol. The Morgan fingerprint density at radius 3 is 3.05 bits per heavy atom. The van der Waals surface area contributed by atoms with E-state index < -0.39 is 0 Å². The van der Waals surface area contributed by atoms with E-state index in [2.05, 4.69) is 6.08 Å². The van der Waals surface area contributed by atoms with Gasteiger partial charge in [-0.1, -0.05) is 6.08 Å². The summed E-state index contributed by atoms with van der Waals surface area (Å²) >= 11 is 0. The van der Waals surface area contributed by atoms with Gasteiger partial charge in [-0.05, 0) is 61.5 Å². The van der Waals surface area contributed by atoms with Crippen molar-refractivity contribution in [3.8, 4) is 0 Å². The first kappa shape index (κ1) is 12.5. The molecule has 0 aromatic heterocycles. The molecule has 0 bridgehead atoms. The lowest BCUT2D eigenvalue weighted by Gasteiger charge is -2.46. The lowest BCUT2D eigenvalue weighted by atomic mass is 9.58. The zero-order valence-corrected chi connectivity index (χ0v) is 12.3. The van der Waals surface area contributed by atoms with Gasteiger partial charge in [0.05, 0.1) is 0 Å². The lowest BCUT2D eigenvalue weighted by molar-refractivity contribution is -0.132. The van der Waals surface area contributed by atoms with Crippen molar-refractivity contribution in [1.29, 1.82) is 0 Å². The van der Waals surface area contributed by atoms with E-state index in [0.29, 0.717) is 30.3 Å². The Labute approximate surface area is 125 Å². The Morgan fingerprint density at radius 1 is 1.14 bits per heavy atom. The maximum atomic E-state index is 12.6. The average Bonchev–Trinajstić information content (AvgIpc) is 3.15. The molecule has 5 atom stereocenters. The van der Waals surface area contributed by atoms with Crippen LogP contribution in [0.25, 0.3) is 0 Å². The number of ether oxygens (including phenoxy) is 2. The third-order valence-corrected chi connectivity index (χ3v) is 6.43. The second-order valence-corrected chi connectivity index (χ2v) is 7.29. The van der Waals surface area contributed by atoms with E-state index in [9.17, 15) is 4.79 Å². The fourth-order valence-electron chi connectivity index (χ4n) is 5.65. The molecule has 5 rings (SSSR count). The van der Waals surface area contributed by atoms with Crippen molar-refractivity contribution in [2.45, 2.75) is 51.0 Å². The first-order valence-corrected chi connectivity index (χ1v) is 8.56. The van der Waals surface area contributed by atoms with E-state index in [4.69, 9.17) is 9.47 Å². The molecule has 1 aliphatic heterocycles. The van der Waals surface area contributed by atoms with Gasteiger partial charge in [-0.25, -0.2) is 0 Å². The van der Waals surface area contributed by atoms with E-state index in [1.54, 1.807) is 0 Å². The molecule has 21 heavy (non-hydrogen) atoms. The maximum Gasteiger partial charge on any atom is 0.189 e. The Morgan fingerprint density at radius 2 is 2.10 bits per heavy atom. The van der Waals surface area contributed by atoms with Crippen LogP contribution in [0.15, 0.2) is 23.0 Å². The molecule has 3 nitrogen and oxygen atoms in total. The number of fused-ring (bicyclic) bond motifs is 7. The van der Waals surface area contributed by atoms with E-state index in [0.717, 1.165) is 25.0 Å². The van der Waals surface area contributed by atoms with Gasteiger partial charge in [0.25, 0.3) is 0 Å². The molecule has 1 heterocycles. The average molecular weight is 286 g/mol. The predicted molar refractivity (Wildman–Crippen MR) is 77.2 cm³/mol. The molecule has 0 aromatic carbocycles. The van der Waals surface area contributed by atoms with Gasteiger partial charge in [0.15, 0.2) is 6.79 Å². The van der Waals surface area contributed by atoms with Crippen LogP contribution < -0.4 is 0 Å². The topological polar surface area (TPSA) is 35.5 Å². The largest absolute Gasteiger partial charge is 0.469 e. The lowest BCUT2D eigenvalue weighted by Crippen LogP contribution is -2.47. The fraction of sp³-hybridized carbons (Fsp3) is 0.722. The Balaban J connectivity index is 1.67. The summed E-state index contributed by atoms with van der Waals surface area (Å²) in [6, 6.07) is 0. The van der Waals surface area contributed by atoms with E-state index in [-0.39, 0.29) is 12.0 Å². The first-order chi connectivity index (χ1) is 10.3. The van der Waals surface area contributed by atoms with Gasteiger partial charge in [0, 0.05) is 18.3 Å². The smallest absolute Gasteiger partial charge is 0.189 e. The molecule has 0 spiro atoms. The van der Waals surface area contributed by atoms with E-state index in [1.807, 2.05) is 0 Å². The van der Waals surface area contributed by atoms with Crippen molar-refractivity contribution in [2.24, 2.45) is 23.7 Å². The molecule has 2 saturated carbocycles. The van der Waals surface area contributed by atoms with Gasteiger partial charge >= 0.3 is 0 Å². The van der Waals surface area contributed by atoms with Gasteiger partial charge in [0.2, 0.25) is 0 Å². The number of carbonyl (C=O) groups excluding carboxylic acids is 1. The molecule has 0 N–H and O–H groups in total. The maximum absolute atomic E-state index is 12.6. The van der Waals surface area contributed by atoms with Gasteiger partial charge in [-0.15, -0.1) is 0 Å². The molecule has 3 fully saturated rings. The van der Waals surface area contributed by atoms with Gasteiger partial charge in [-0.2, -0.15) is 0 Å². The third-order valence-electron chi connectivity index (χ3n) is 6.43. The Hall–Kier alpha value is -1.09. The summed E-state index contributed by atoms with van der Waals surface area (Å²) in [7, 11) is 0. The van der Waals surface area contributed by atoms with Crippen LogP contribution >= 0.6 is 0 Å². The molecule has 112 valence electrons. The zero-order valence-electron chi connectivity index (χ0n) is 12.3. The minimum absolute atomic E-state index is 0.0609. The molecule has 1 saturated heterocycles. The highest BCUT2D eigenvalue weighted by atomic mass is 16.7. The van der Waals surface area contributed by atoms with Gasteiger partial charge < -0.3 is 9.47 Å². The molecule has 0 radical (unpaired) electrons. The van der Waals surface area contributed by atoms with Crippen molar-refractivity contribution in [3.05, 3.63) is 23.0 Å². The molecule has 5 unspecified atom stereocenters. The van der Waals surface area contributed by atoms with Crippen molar-refractivity contribution >= 4 is 5.78 Å². The number of allylic oxidation sites excluding steroid dienone is 3. The number of carbonyl (C=O) groups is 1. The zero-order chi connectivity index (χ0) is 14.0. The van der Waals surface area contributed by atoms with Crippen LogP contribution in [0.4, 0.5) is 0 Å². The number of rotatable bonds is 0. The van der Waals surface area contributed by atoms with Crippen LogP contribution in [-0.2, 0) is 14.3 Å². The monoisotopic (exact) mass is 286 g/mol. The Bertz CT molecular complexity index is 559. The highest BCUT2D eigenvalue weighted by molar-refractivity contribution is 5.83. The van der Waals surface area contributed by atoms with E-state index in [1.165, 1.54) is 36.8 Å². The van der Waals surface area contributed by atoms with Crippen LogP contribution in [-0.4, -0.2) is 18.7 Å². The van der Waals surface area contributed by atoms with Crippen molar-refractivity contribution in [1.82, 2.24) is 0 Å². The summed E-state index contributed by atoms with van der Waals surface area (Å²) in [5.41, 5.74) is 2.90. The Kier molecular flexibility index (Phi) is 2.64. The molecule has 3 heteroatoms. The number of hydrogen-bond acceptors (Lipinski definition) is 3. The van der Waals surface area contributed by atoms with Gasteiger partial charge in [-0.3, -0.25) is 4.79 Å². The number of hydrogen-bond donors (Lipinski definition) is 0. The summed E-state index contributed by atoms with van der Waals surface area (Å²) < 4.78 is 11.8. The van der Waals surface area contributed by atoms with Crippen LogP contribution in [0.1, 0.15) is 44.9 Å². The van der Waals surface area contributed by atoms with Crippen LogP contribution in [0.2, 0.25) is 0 Å². The first-order valence-electron chi connectivity index (χ1n) is 8.56. The van der Waals surface area contributed by atoms with Crippen LogP contribution in [0, 0.1) is 23.7 Å². The molecule has 0 amide bonds. The minimum atomic E-state index is 0.0609. The number of Topliss-reactive ketones (excluding diaryl/α,β-unsaturated/α-hetero) is 1. The SMILES string of the molecule is O=C1CCCC2C3OCOC3=C3C4=CCCC4CCC3C12. The quantitative estimate of drug-likeness (QED) is 0.685. The van der Waals surface area contributed by atoms with Gasteiger partial charge in [0.1, 0.15) is 17.6 Å². The fourth-order valence-corrected chi connectivity index (χ4v) is 5.65. The van der Waals surface area contributed by atoms with Crippen molar-refractivity contribution < 1.29 is 14.3 Å². The predicted octanol–water partition coefficient (Wildman–Crippen LogP) is 3.36. The second kappa shape index (κ2) is 4.45. The summed E-state index contributed by atoms with van der Waals surface area (Å²) in [6.45, 7) is 0.381. The molecule has 0 aromatic rings. The highest BCUT2D eigenvalue weighted by Crippen LogP contribution is 2.56. The molecular formula is C18H22O3. The summed E-state index contributed by atoms with van der Waals surface area (Å²) in [4.78, 5) is 12.6. The molecule has 5 aliphatic rings. The van der Waals surface area contributed by atoms with Crippen molar-refractivity contribution in [2.75, 3.05) is 6.79 Å². The summed E-state index contributed by atoms with van der Waals surface area (Å²) in [5, 5.41) is 0.